The van der Waals surface area contributed by atoms with Crippen molar-refractivity contribution in [3.8, 4) is 17.2 Å². The van der Waals surface area contributed by atoms with Crippen molar-refractivity contribution in [3.05, 3.63) is 58.1 Å². The average molecular weight is 490 g/mol. The summed E-state index contributed by atoms with van der Waals surface area (Å²) in [7, 11) is 4.38. The number of rotatable bonds is 9. The minimum Gasteiger partial charge on any atom is -0.507 e. The van der Waals surface area contributed by atoms with Crippen LogP contribution in [0.3, 0.4) is 0 Å². The Morgan fingerprint density at radius 2 is 1.79 bits per heavy atom. The fourth-order valence-corrected chi connectivity index (χ4v) is 4.11. The van der Waals surface area contributed by atoms with Gasteiger partial charge in [-0.2, -0.15) is 0 Å². The molecule has 1 heterocycles. The van der Waals surface area contributed by atoms with Crippen molar-refractivity contribution >= 4 is 29.1 Å². The molecule has 1 aliphatic heterocycles. The van der Waals surface area contributed by atoms with Gasteiger partial charge in [-0.1, -0.05) is 23.7 Å². The Morgan fingerprint density at radius 1 is 1.09 bits per heavy atom. The number of methoxy groups -OCH3 is 3. The number of ketones is 1. The Hall–Kier alpha value is -3.23. The van der Waals surface area contributed by atoms with Gasteiger partial charge in [-0.3, -0.25) is 9.59 Å². The van der Waals surface area contributed by atoms with Crippen molar-refractivity contribution in [3.63, 3.8) is 0 Å². The lowest BCUT2D eigenvalue weighted by Crippen LogP contribution is -2.32. The Balaban J connectivity index is 2.23. The number of hydrogen-bond acceptors (Lipinski definition) is 7. The van der Waals surface area contributed by atoms with Crippen LogP contribution in [-0.4, -0.2) is 62.3 Å². The number of aliphatic hydroxyl groups excluding tert-OH is 1. The van der Waals surface area contributed by atoms with Gasteiger partial charge in [-0.05, 0) is 37.6 Å². The number of Topliss-reactive ketones (excluding diaryl/α,β-unsaturated/α-hetero) is 1. The van der Waals surface area contributed by atoms with E-state index in [9.17, 15) is 14.7 Å². The molecule has 8 nitrogen and oxygen atoms in total. The highest BCUT2D eigenvalue weighted by atomic mass is 35.5. The number of likely N-dealkylation sites (tertiary alicyclic amines) is 1. The van der Waals surface area contributed by atoms with Crippen molar-refractivity contribution in [2.24, 2.45) is 0 Å². The molecule has 1 aliphatic rings. The van der Waals surface area contributed by atoms with Crippen LogP contribution in [0, 0.1) is 0 Å². The number of aliphatic hydroxyl groups is 1. The number of amides is 1. The standard InChI is InChI=1S/C25H28ClNO7/c1-14(2)34-16-8-6-7-15(11-16)22-21(24(29)25(30)27(22)9-10-31-3)23(28)17-12-18(26)20(33-5)13-19(17)32-4/h6-8,11-14,22,28H,9-10H2,1-5H3/b23-21+. The lowest BCUT2D eigenvalue weighted by molar-refractivity contribution is -0.140. The predicted molar refractivity (Wildman–Crippen MR) is 128 cm³/mol. The molecule has 3 rings (SSSR count). The third-order valence-electron chi connectivity index (χ3n) is 5.35. The molecule has 0 bridgehead atoms. The lowest BCUT2D eigenvalue weighted by atomic mass is 9.94. The van der Waals surface area contributed by atoms with Gasteiger partial charge >= 0.3 is 0 Å². The van der Waals surface area contributed by atoms with Crippen LogP contribution < -0.4 is 14.2 Å². The summed E-state index contributed by atoms with van der Waals surface area (Å²) in [6, 6.07) is 9.16. The molecule has 1 N–H and O–H groups in total. The molecule has 0 radical (unpaired) electrons. The summed E-state index contributed by atoms with van der Waals surface area (Å²) in [5, 5.41) is 11.5. The van der Waals surface area contributed by atoms with E-state index in [0.29, 0.717) is 17.1 Å². The summed E-state index contributed by atoms with van der Waals surface area (Å²) in [6.07, 6.45) is -0.0687. The largest absolute Gasteiger partial charge is 0.507 e. The number of hydrogen-bond donors (Lipinski definition) is 1. The summed E-state index contributed by atoms with van der Waals surface area (Å²) in [4.78, 5) is 27.5. The minimum atomic E-state index is -0.864. The maximum Gasteiger partial charge on any atom is 0.295 e. The van der Waals surface area contributed by atoms with E-state index in [4.69, 9.17) is 30.5 Å². The van der Waals surface area contributed by atoms with Crippen LogP contribution in [0.25, 0.3) is 5.76 Å². The molecule has 1 saturated heterocycles. The molecule has 0 saturated carbocycles. The van der Waals surface area contributed by atoms with E-state index in [1.54, 1.807) is 24.3 Å². The predicted octanol–water partition coefficient (Wildman–Crippen LogP) is 4.21. The first-order chi connectivity index (χ1) is 16.2. The molecule has 1 fully saturated rings. The summed E-state index contributed by atoms with van der Waals surface area (Å²) < 4.78 is 21.6. The fourth-order valence-electron chi connectivity index (χ4n) is 3.87. The van der Waals surface area contributed by atoms with Gasteiger partial charge in [0.1, 0.15) is 23.0 Å². The van der Waals surface area contributed by atoms with Crippen molar-refractivity contribution in [2.75, 3.05) is 34.5 Å². The lowest BCUT2D eigenvalue weighted by Gasteiger charge is -2.25. The van der Waals surface area contributed by atoms with Crippen LogP contribution in [-0.2, 0) is 14.3 Å². The van der Waals surface area contributed by atoms with Crippen LogP contribution in [0.1, 0.15) is 31.0 Å². The summed E-state index contributed by atoms with van der Waals surface area (Å²) in [5.74, 6) is -0.807. The Kier molecular flexibility index (Phi) is 8.06. The number of ether oxygens (including phenoxy) is 4. The van der Waals surface area contributed by atoms with Crippen molar-refractivity contribution in [2.45, 2.75) is 26.0 Å². The average Bonchev–Trinajstić information content (AvgIpc) is 3.06. The van der Waals surface area contributed by atoms with Crippen molar-refractivity contribution < 1.29 is 33.6 Å². The monoisotopic (exact) mass is 489 g/mol. The second-order valence-electron chi connectivity index (χ2n) is 7.91. The quantitative estimate of drug-likeness (QED) is 0.320. The number of halogens is 1. The minimum absolute atomic E-state index is 0.0687. The van der Waals surface area contributed by atoms with Crippen LogP contribution in [0.4, 0.5) is 0 Å². The molecule has 0 aromatic heterocycles. The van der Waals surface area contributed by atoms with Gasteiger partial charge in [-0.25, -0.2) is 0 Å². The number of carbonyl (C=O) groups is 2. The molecule has 182 valence electrons. The zero-order valence-electron chi connectivity index (χ0n) is 19.8. The molecule has 9 heteroatoms. The molecule has 1 amide bonds. The topological polar surface area (TPSA) is 94.5 Å². The van der Waals surface area contributed by atoms with Gasteiger partial charge in [0.25, 0.3) is 11.7 Å². The van der Waals surface area contributed by atoms with Crippen LogP contribution >= 0.6 is 11.6 Å². The number of benzene rings is 2. The van der Waals surface area contributed by atoms with E-state index < -0.39 is 23.5 Å². The summed E-state index contributed by atoms with van der Waals surface area (Å²) in [6.45, 7) is 4.16. The number of carbonyl (C=O) groups excluding carboxylic acids is 2. The molecule has 0 aliphatic carbocycles. The van der Waals surface area contributed by atoms with Crippen LogP contribution in [0.5, 0.6) is 17.2 Å². The third-order valence-corrected chi connectivity index (χ3v) is 5.65. The van der Waals surface area contributed by atoms with E-state index in [2.05, 4.69) is 0 Å². The summed E-state index contributed by atoms with van der Waals surface area (Å²) in [5.41, 5.74) is 0.688. The molecular formula is C25H28ClNO7. The zero-order valence-corrected chi connectivity index (χ0v) is 20.5. The smallest absolute Gasteiger partial charge is 0.295 e. The summed E-state index contributed by atoms with van der Waals surface area (Å²) >= 11 is 6.28. The molecule has 0 spiro atoms. The van der Waals surface area contributed by atoms with Crippen molar-refractivity contribution in [1.29, 1.82) is 0 Å². The van der Waals surface area contributed by atoms with Crippen molar-refractivity contribution in [1.82, 2.24) is 4.90 Å². The number of nitrogens with zero attached hydrogens (tertiary/aromatic N) is 1. The first-order valence-electron chi connectivity index (χ1n) is 10.7. The molecule has 1 atom stereocenters. The second kappa shape index (κ2) is 10.8. The highest BCUT2D eigenvalue weighted by molar-refractivity contribution is 6.46. The van der Waals surface area contributed by atoms with Gasteiger partial charge < -0.3 is 29.0 Å². The first-order valence-corrected chi connectivity index (χ1v) is 11.1. The van der Waals surface area contributed by atoms with E-state index in [-0.39, 0.29) is 41.2 Å². The fraction of sp³-hybridized carbons (Fsp3) is 0.360. The Morgan fingerprint density at radius 3 is 2.41 bits per heavy atom. The zero-order chi connectivity index (χ0) is 25.0. The second-order valence-corrected chi connectivity index (χ2v) is 8.32. The first kappa shape index (κ1) is 25.4. The Bertz CT molecular complexity index is 1110. The molecule has 2 aromatic carbocycles. The SMILES string of the molecule is COCCN1C(=O)C(=O)/C(=C(/O)c2cc(Cl)c(OC)cc2OC)C1c1cccc(OC(C)C)c1. The molecule has 1 unspecified atom stereocenters. The maximum absolute atomic E-state index is 13.2. The van der Waals surface area contributed by atoms with E-state index >= 15 is 0 Å². The van der Waals surface area contributed by atoms with Crippen LogP contribution in [0.2, 0.25) is 5.02 Å². The molecule has 2 aromatic rings. The van der Waals surface area contributed by atoms with Gasteiger partial charge in [0.15, 0.2) is 0 Å². The van der Waals surface area contributed by atoms with Crippen LogP contribution in [0.15, 0.2) is 42.0 Å². The van der Waals surface area contributed by atoms with E-state index in [1.807, 2.05) is 13.8 Å². The highest BCUT2D eigenvalue weighted by Crippen LogP contribution is 2.43. The third kappa shape index (κ3) is 4.98. The van der Waals surface area contributed by atoms with Gasteiger partial charge in [0.2, 0.25) is 0 Å². The maximum atomic E-state index is 13.2. The normalized spacial score (nSPS) is 17.4. The van der Waals surface area contributed by atoms with Gasteiger partial charge in [0.05, 0.1) is 49.1 Å². The highest BCUT2D eigenvalue weighted by Gasteiger charge is 2.46. The molecular weight excluding hydrogens is 462 g/mol. The molecule has 34 heavy (non-hydrogen) atoms. The Labute approximate surface area is 203 Å². The van der Waals surface area contributed by atoms with Gasteiger partial charge in [-0.15, -0.1) is 0 Å². The van der Waals surface area contributed by atoms with E-state index in [0.717, 1.165) is 0 Å². The van der Waals surface area contributed by atoms with E-state index in [1.165, 1.54) is 38.4 Å². The van der Waals surface area contributed by atoms with Gasteiger partial charge in [0, 0.05) is 19.7 Å².